The molecule has 0 aliphatic carbocycles. The van der Waals surface area contributed by atoms with E-state index in [2.05, 4.69) is 15.3 Å². The molecule has 1 unspecified atom stereocenters. The molecule has 0 radical (unpaired) electrons. The molecule has 3 N–H and O–H groups in total. The molecule has 0 aromatic carbocycles. The van der Waals surface area contributed by atoms with Crippen LogP contribution in [0, 0.1) is 0 Å². The van der Waals surface area contributed by atoms with Gasteiger partial charge in [0.25, 0.3) is 0 Å². The molecule has 1 aromatic heterocycles. The summed E-state index contributed by atoms with van der Waals surface area (Å²) in [6.45, 7) is 2.01. The Bertz CT molecular complexity index is 244. The summed E-state index contributed by atoms with van der Waals surface area (Å²) in [5, 5.41) is 13.5. The fourth-order valence-corrected chi connectivity index (χ4v) is 1.76. The average molecular weight is 231 g/mol. The van der Waals surface area contributed by atoms with Gasteiger partial charge in [0, 0.05) is 38.3 Å². The summed E-state index contributed by atoms with van der Waals surface area (Å²) in [4.78, 5) is 7.02. The highest BCUT2D eigenvalue weighted by atomic mass is 32.2. The highest BCUT2D eigenvalue weighted by Crippen LogP contribution is 2.12. The quantitative estimate of drug-likeness (QED) is 0.437. The van der Waals surface area contributed by atoms with Crippen LogP contribution in [0.4, 0.5) is 0 Å². The third kappa shape index (κ3) is 5.78. The first-order valence-corrected chi connectivity index (χ1v) is 5.81. The molecule has 0 bridgehead atoms. The second kappa shape index (κ2) is 7.70. The summed E-state index contributed by atoms with van der Waals surface area (Å²) >= 11 is 1.51. The lowest BCUT2D eigenvalue weighted by Gasteiger charge is -2.10. The first-order chi connectivity index (χ1) is 7.33. The van der Waals surface area contributed by atoms with E-state index in [4.69, 9.17) is 4.74 Å². The highest BCUT2D eigenvalue weighted by Gasteiger charge is 2.05. The Morgan fingerprint density at radius 2 is 2.60 bits per heavy atom. The predicted octanol–water partition coefficient (Wildman–Crippen LogP) is 0.0987. The summed E-state index contributed by atoms with van der Waals surface area (Å²) in [5.74, 6) is 0.632. The van der Waals surface area contributed by atoms with E-state index in [9.17, 15) is 5.11 Å². The van der Waals surface area contributed by atoms with Crippen LogP contribution in [0.15, 0.2) is 17.6 Å². The number of aromatic nitrogens is 2. The minimum Gasteiger partial charge on any atom is -0.391 e. The third-order valence-electron chi connectivity index (χ3n) is 1.75. The molecule has 15 heavy (non-hydrogen) atoms. The number of rotatable bonds is 8. The average Bonchev–Trinajstić information content (AvgIpc) is 2.74. The van der Waals surface area contributed by atoms with Crippen LogP contribution in [0.25, 0.3) is 0 Å². The number of ether oxygens (including phenoxy) is 1. The minimum atomic E-state index is -0.364. The smallest absolute Gasteiger partial charge is 0.165 e. The van der Waals surface area contributed by atoms with Gasteiger partial charge >= 0.3 is 0 Å². The number of methoxy groups -OCH3 is 1. The monoisotopic (exact) mass is 231 g/mol. The van der Waals surface area contributed by atoms with Crippen LogP contribution in [0.1, 0.15) is 0 Å². The van der Waals surface area contributed by atoms with Gasteiger partial charge in [0.2, 0.25) is 0 Å². The Labute approximate surface area is 93.6 Å². The zero-order valence-electron chi connectivity index (χ0n) is 8.77. The predicted molar refractivity (Wildman–Crippen MR) is 60.1 cm³/mol. The molecule has 0 saturated carbocycles. The fourth-order valence-electron chi connectivity index (χ4n) is 1.01. The first-order valence-electron chi connectivity index (χ1n) is 4.83. The molecule has 0 spiro atoms. The van der Waals surface area contributed by atoms with Crippen LogP contribution >= 0.6 is 11.8 Å². The second-order valence-electron chi connectivity index (χ2n) is 3.06. The lowest BCUT2D eigenvalue weighted by molar-refractivity contribution is 0.175. The van der Waals surface area contributed by atoms with E-state index >= 15 is 0 Å². The molecule has 0 fully saturated rings. The molecular formula is C9H17N3O2S. The van der Waals surface area contributed by atoms with E-state index in [0.717, 1.165) is 11.7 Å². The lowest BCUT2D eigenvalue weighted by Crippen LogP contribution is -2.30. The Balaban J connectivity index is 2.01. The molecule has 0 aliphatic rings. The van der Waals surface area contributed by atoms with Gasteiger partial charge in [0.05, 0.1) is 12.7 Å². The maximum atomic E-state index is 9.58. The van der Waals surface area contributed by atoms with Crippen molar-refractivity contribution in [3.63, 3.8) is 0 Å². The number of aliphatic hydroxyl groups excluding tert-OH is 1. The number of H-pyrrole nitrogens is 1. The Morgan fingerprint density at radius 1 is 1.73 bits per heavy atom. The van der Waals surface area contributed by atoms with Gasteiger partial charge in [0.15, 0.2) is 5.16 Å². The summed E-state index contributed by atoms with van der Waals surface area (Å²) in [6.07, 6.45) is 3.11. The van der Waals surface area contributed by atoms with Crippen LogP contribution < -0.4 is 5.32 Å². The number of imidazole rings is 1. The van der Waals surface area contributed by atoms with Crippen molar-refractivity contribution in [2.75, 3.05) is 32.6 Å². The molecule has 86 valence electrons. The number of hydrogen-bond acceptors (Lipinski definition) is 5. The zero-order chi connectivity index (χ0) is 10.9. The van der Waals surface area contributed by atoms with E-state index in [1.54, 1.807) is 19.5 Å². The summed E-state index contributed by atoms with van der Waals surface area (Å²) in [6, 6.07) is 0. The molecule has 1 atom stereocenters. The molecule has 0 amide bonds. The molecule has 5 nitrogen and oxygen atoms in total. The van der Waals surface area contributed by atoms with Crippen LogP contribution in [-0.2, 0) is 4.74 Å². The van der Waals surface area contributed by atoms with Gasteiger partial charge in [-0.1, -0.05) is 11.8 Å². The molecule has 0 saturated heterocycles. The van der Waals surface area contributed by atoms with Gasteiger partial charge in [-0.15, -0.1) is 0 Å². The van der Waals surface area contributed by atoms with Crippen molar-refractivity contribution >= 4 is 11.8 Å². The SMILES string of the molecule is COCCNCC(O)CSc1ncc[nH]1. The van der Waals surface area contributed by atoms with Crippen molar-refractivity contribution in [1.29, 1.82) is 0 Å². The number of aromatic amines is 1. The fraction of sp³-hybridized carbons (Fsp3) is 0.667. The summed E-state index contributed by atoms with van der Waals surface area (Å²) in [7, 11) is 1.66. The van der Waals surface area contributed by atoms with Crippen LogP contribution in [0.2, 0.25) is 0 Å². The van der Waals surface area contributed by atoms with E-state index in [1.807, 2.05) is 0 Å². The molecular weight excluding hydrogens is 214 g/mol. The number of hydrogen-bond donors (Lipinski definition) is 3. The second-order valence-corrected chi connectivity index (χ2v) is 4.06. The van der Waals surface area contributed by atoms with Gasteiger partial charge in [-0.3, -0.25) is 0 Å². The van der Waals surface area contributed by atoms with Crippen molar-refractivity contribution in [2.24, 2.45) is 0 Å². The number of thioether (sulfide) groups is 1. The summed E-state index contributed by atoms with van der Waals surface area (Å²) < 4.78 is 4.88. The zero-order valence-corrected chi connectivity index (χ0v) is 9.59. The number of nitrogens with zero attached hydrogens (tertiary/aromatic N) is 1. The van der Waals surface area contributed by atoms with E-state index in [1.165, 1.54) is 11.8 Å². The molecule has 1 rings (SSSR count). The molecule has 0 aliphatic heterocycles. The largest absolute Gasteiger partial charge is 0.391 e. The molecule has 1 heterocycles. The minimum absolute atomic E-state index is 0.364. The maximum absolute atomic E-state index is 9.58. The van der Waals surface area contributed by atoms with Gasteiger partial charge in [-0.2, -0.15) is 0 Å². The van der Waals surface area contributed by atoms with E-state index in [-0.39, 0.29) is 6.10 Å². The van der Waals surface area contributed by atoms with Crippen molar-refractivity contribution in [3.8, 4) is 0 Å². The Hall–Kier alpha value is -0.560. The number of aliphatic hydroxyl groups is 1. The number of nitrogens with one attached hydrogen (secondary N) is 2. The van der Waals surface area contributed by atoms with Crippen molar-refractivity contribution in [1.82, 2.24) is 15.3 Å². The first kappa shape index (κ1) is 12.5. The topological polar surface area (TPSA) is 70.2 Å². The van der Waals surface area contributed by atoms with Gasteiger partial charge in [-0.25, -0.2) is 4.98 Å². The normalized spacial score (nSPS) is 12.9. The standard InChI is InChI=1S/C9H17N3O2S/c1-14-5-4-10-6-8(13)7-15-9-11-2-3-12-9/h2-3,8,10,13H,4-7H2,1H3,(H,11,12). The van der Waals surface area contributed by atoms with Crippen LogP contribution in [-0.4, -0.2) is 53.7 Å². The van der Waals surface area contributed by atoms with E-state index < -0.39 is 0 Å². The van der Waals surface area contributed by atoms with Gasteiger partial charge in [0.1, 0.15) is 0 Å². The van der Waals surface area contributed by atoms with Crippen LogP contribution in [0.5, 0.6) is 0 Å². The van der Waals surface area contributed by atoms with Crippen molar-refractivity contribution in [2.45, 2.75) is 11.3 Å². The van der Waals surface area contributed by atoms with Gasteiger partial charge < -0.3 is 20.1 Å². The third-order valence-corrected chi connectivity index (χ3v) is 2.80. The maximum Gasteiger partial charge on any atom is 0.165 e. The van der Waals surface area contributed by atoms with Crippen molar-refractivity contribution in [3.05, 3.63) is 12.4 Å². The highest BCUT2D eigenvalue weighted by molar-refractivity contribution is 7.99. The van der Waals surface area contributed by atoms with E-state index in [0.29, 0.717) is 18.9 Å². The van der Waals surface area contributed by atoms with Gasteiger partial charge in [-0.05, 0) is 0 Å². The van der Waals surface area contributed by atoms with Crippen LogP contribution in [0.3, 0.4) is 0 Å². The Kier molecular flexibility index (Phi) is 6.42. The Morgan fingerprint density at radius 3 is 3.27 bits per heavy atom. The van der Waals surface area contributed by atoms with Crippen molar-refractivity contribution < 1.29 is 9.84 Å². The molecule has 6 heteroatoms. The lowest BCUT2D eigenvalue weighted by atomic mass is 10.4. The summed E-state index contributed by atoms with van der Waals surface area (Å²) in [5.41, 5.74) is 0. The molecule has 1 aromatic rings.